The summed E-state index contributed by atoms with van der Waals surface area (Å²) in [5, 5.41) is 12.8. The van der Waals surface area contributed by atoms with E-state index in [4.69, 9.17) is 0 Å². The molecule has 0 aliphatic heterocycles. The molecule has 0 atom stereocenters. The maximum atomic E-state index is 3.39. The Morgan fingerprint density at radius 1 is 0.692 bits per heavy atom. The van der Waals surface area contributed by atoms with Crippen LogP contribution in [-0.2, 0) is 0 Å². The Hall–Kier alpha value is -0.160. The van der Waals surface area contributed by atoms with E-state index in [-0.39, 0.29) is 0 Å². The second-order valence-electron chi connectivity index (χ2n) is 3.09. The lowest BCUT2D eigenvalue weighted by molar-refractivity contribution is 0.564. The minimum atomic E-state index is 0.890. The highest BCUT2D eigenvalue weighted by Crippen LogP contribution is 1.82. The molecule has 0 saturated heterocycles. The fourth-order valence-electron chi connectivity index (χ4n) is 1.07. The van der Waals surface area contributed by atoms with Crippen molar-refractivity contribution in [3.63, 3.8) is 0 Å². The number of rotatable bonds is 10. The SMILES string of the molecule is CNCCCCNCCNCNC. The molecule has 4 nitrogen and oxygen atoms in total. The summed E-state index contributed by atoms with van der Waals surface area (Å²) in [5.74, 6) is 0. The highest BCUT2D eigenvalue weighted by molar-refractivity contribution is 4.52. The second-order valence-corrected chi connectivity index (χ2v) is 3.09. The van der Waals surface area contributed by atoms with Gasteiger partial charge in [-0.2, -0.15) is 0 Å². The van der Waals surface area contributed by atoms with Crippen LogP contribution >= 0.6 is 0 Å². The van der Waals surface area contributed by atoms with Gasteiger partial charge in [-0.25, -0.2) is 0 Å². The lowest BCUT2D eigenvalue weighted by atomic mass is 10.3. The van der Waals surface area contributed by atoms with Crippen molar-refractivity contribution in [2.75, 3.05) is 46.9 Å². The minimum Gasteiger partial charge on any atom is -0.320 e. The summed E-state index contributed by atoms with van der Waals surface area (Å²) in [6.07, 6.45) is 2.51. The van der Waals surface area contributed by atoms with Crippen LogP contribution in [0, 0.1) is 0 Å². The molecule has 0 aliphatic rings. The standard InChI is InChI=1S/C9H24N4/c1-10-5-3-4-6-12-7-8-13-9-11-2/h10-13H,3-9H2,1-2H3. The molecule has 80 valence electrons. The average molecular weight is 188 g/mol. The van der Waals surface area contributed by atoms with Crippen LogP contribution in [-0.4, -0.2) is 46.9 Å². The first-order valence-electron chi connectivity index (χ1n) is 5.12. The predicted molar refractivity (Wildman–Crippen MR) is 58.0 cm³/mol. The predicted octanol–water partition coefficient (Wildman–Crippen LogP) is -0.658. The Labute approximate surface area is 81.9 Å². The molecule has 0 aromatic carbocycles. The van der Waals surface area contributed by atoms with E-state index >= 15 is 0 Å². The summed E-state index contributed by atoms with van der Waals surface area (Å²) >= 11 is 0. The van der Waals surface area contributed by atoms with Crippen LogP contribution in [0.5, 0.6) is 0 Å². The van der Waals surface area contributed by atoms with Gasteiger partial charge in [0.15, 0.2) is 0 Å². The van der Waals surface area contributed by atoms with E-state index in [0.29, 0.717) is 0 Å². The molecule has 4 N–H and O–H groups in total. The lowest BCUT2D eigenvalue weighted by Gasteiger charge is -2.05. The zero-order valence-corrected chi connectivity index (χ0v) is 8.95. The Kier molecular flexibility index (Phi) is 11.7. The van der Waals surface area contributed by atoms with Crippen LogP contribution in [0.1, 0.15) is 12.8 Å². The first-order chi connectivity index (χ1) is 6.41. The molecule has 0 spiro atoms. The van der Waals surface area contributed by atoms with Crippen LogP contribution in [0.3, 0.4) is 0 Å². The van der Waals surface area contributed by atoms with Gasteiger partial charge in [0.05, 0.1) is 0 Å². The van der Waals surface area contributed by atoms with Crippen molar-refractivity contribution in [1.29, 1.82) is 0 Å². The van der Waals surface area contributed by atoms with E-state index in [9.17, 15) is 0 Å². The van der Waals surface area contributed by atoms with Crippen LogP contribution in [0.2, 0.25) is 0 Å². The van der Waals surface area contributed by atoms with E-state index in [1.807, 2.05) is 14.1 Å². The fourth-order valence-corrected chi connectivity index (χ4v) is 1.07. The first kappa shape index (κ1) is 12.8. The molecular weight excluding hydrogens is 164 g/mol. The molecule has 0 heterocycles. The molecule has 0 aliphatic carbocycles. The van der Waals surface area contributed by atoms with Crippen molar-refractivity contribution in [3.8, 4) is 0 Å². The molecule has 0 rings (SSSR count). The van der Waals surface area contributed by atoms with Gasteiger partial charge in [0.2, 0.25) is 0 Å². The molecule has 0 unspecified atom stereocenters. The topological polar surface area (TPSA) is 48.1 Å². The molecule has 0 aromatic rings. The van der Waals surface area contributed by atoms with E-state index in [2.05, 4.69) is 21.3 Å². The normalized spacial score (nSPS) is 10.6. The van der Waals surface area contributed by atoms with Gasteiger partial charge < -0.3 is 21.3 Å². The monoisotopic (exact) mass is 188 g/mol. The highest BCUT2D eigenvalue weighted by atomic mass is 15.0. The Morgan fingerprint density at radius 2 is 1.38 bits per heavy atom. The van der Waals surface area contributed by atoms with Gasteiger partial charge in [-0.05, 0) is 40.0 Å². The van der Waals surface area contributed by atoms with E-state index in [1.165, 1.54) is 12.8 Å². The third kappa shape index (κ3) is 11.8. The number of hydrogen-bond acceptors (Lipinski definition) is 4. The Bertz CT molecular complexity index is 77.7. The molecule has 4 heteroatoms. The van der Waals surface area contributed by atoms with Gasteiger partial charge in [0.1, 0.15) is 0 Å². The van der Waals surface area contributed by atoms with Gasteiger partial charge in [0, 0.05) is 19.8 Å². The summed E-state index contributed by atoms with van der Waals surface area (Å²) in [5.41, 5.74) is 0. The van der Waals surface area contributed by atoms with Crippen molar-refractivity contribution < 1.29 is 0 Å². The van der Waals surface area contributed by atoms with Crippen molar-refractivity contribution in [1.82, 2.24) is 21.3 Å². The Balaban J connectivity index is 2.76. The molecular formula is C9H24N4. The smallest absolute Gasteiger partial charge is 0.0452 e. The van der Waals surface area contributed by atoms with Crippen LogP contribution in [0.25, 0.3) is 0 Å². The van der Waals surface area contributed by atoms with E-state index in [1.54, 1.807) is 0 Å². The van der Waals surface area contributed by atoms with Gasteiger partial charge in [-0.15, -0.1) is 0 Å². The van der Waals surface area contributed by atoms with Crippen molar-refractivity contribution in [2.24, 2.45) is 0 Å². The Morgan fingerprint density at radius 3 is 2.08 bits per heavy atom. The van der Waals surface area contributed by atoms with Crippen molar-refractivity contribution in [2.45, 2.75) is 12.8 Å². The maximum absolute atomic E-state index is 3.39. The van der Waals surface area contributed by atoms with Gasteiger partial charge >= 0.3 is 0 Å². The molecule has 13 heavy (non-hydrogen) atoms. The first-order valence-corrected chi connectivity index (χ1v) is 5.12. The fraction of sp³-hybridized carbons (Fsp3) is 1.00. The maximum Gasteiger partial charge on any atom is 0.0452 e. The number of nitrogens with one attached hydrogen (secondary N) is 4. The number of hydrogen-bond donors (Lipinski definition) is 4. The van der Waals surface area contributed by atoms with Gasteiger partial charge in [0.25, 0.3) is 0 Å². The zero-order chi connectivity index (χ0) is 9.78. The molecule has 0 fully saturated rings. The molecule has 0 saturated carbocycles. The second kappa shape index (κ2) is 11.8. The van der Waals surface area contributed by atoms with Crippen molar-refractivity contribution in [3.05, 3.63) is 0 Å². The highest BCUT2D eigenvalue weighted by Gasteiger charge is 1.87. The van der Waals surface area contributed by atoms with Crippen molar-refractivity contribution >= 4 is 0 Å². The third-order valence-electron chi connectivity index (χ3n) is 1.81. The van der Waals surface area contributed by atoms with Gasteiger partial charge in [-0.1, -0.05) is 0 Å². The summed E-state index contributed by atoms with van der Waals surface area (Å²) in [6, 6.07) is 0. The summed E-state index contributed by atoms with van der Waals surface area (Å²) in [6.45, 7) is 5.23. The van der Waals surface area contributed by atoms with E-state index < -0.39 is 0 Å². The van der Waals surface area contributed by atoms with E-state index in [0.717, 1.165) is 32.8 Å². The summed E-state index contributed by atoms with van der Waals surface area (Å²) in [7, 11) is 3.94. The number of unbranched alkanes of at least 4 members (excludes halogenated alkanes) is 1. The quantitative estimate of drug-likeness (QED) is 0.272. The molecule has 0 amide bonds. The molecule has 0 aromatic heterocycles. The largest absolute Gasteiger partial charge is 0.320 e. The lowest BCUT2D eigenvalue weighted by Crippen LogP contribution is -2.33. The summed E-state index contributed by atoms with van der Waals surface area (Å²) in [4.78, 5) is 0. The van der Waals surface area contributed by atoms with Gasteiger partial charge in [-0.3, -0.25) is 0 Å². The van der Waals surface area contributed by atoms with Crippen LogP contribution < -0.4 is 21.3 Å². The minimum absolute atomic E-state index is 0.890. The average Bonchev–Trinajstić information content (AvgIpc) is 2.16. The van der Waals surface area contributed by atoms with Crippen LogP contribution in [0.4, 0.5) is 0 Å². The zero-order valence-electron chi connectivity index (χ0n) is 8.95. The molecule has 0 bridgehead atoms. The van der Waals surface area contributed by atoms with Crippen LogP contribution in [0.15, 0.2) is 0 Å². The summed E-state index contributed by atoms with van der Waals surface area (Å²) < 4.78 is 0. The third-order valence-corrected chi connectivity index (χ3v) is 1.81. The molecule has 0 radical (unpaired) electrons.